The Kier molecular flexibility index (Phi) is 4.91. The van der Waals surface area contributed by atoms with Crippen molar-refractivity contribution in [2.75, 3.05) is 5.32 Å². The van der Waals surface area contributed by atoms with Gasteiger partial charge in [-0.2, -0.15) is 0 Å². The Morgan fingerprint density at radius 3 is 2.31 bits per heavy atom. The Hall–Kier alpha value is -2.75. The van der Waals surface area contributed by atoms with E-state index in [0.717, 1.165) is 11.4 Å². The Morgan fingerprint density at radius 1 is 0.808 bits per heavy atom. The fourth-order valence-corrected chi connectivity index (χ4v) is 3.57. The molecule has 1 aromatic heterocycles. The molecule has 0 aliphatic heterocycles. The van der Waals surface area contributed by atoms with Gasteiger partial charge in [0, 0.05) is 17.2 Å². The summed E-state index contributed by atoms with van der Waals surface area (Å²) >= 11 is 0. The molecule has 1 aliphatic carbocycles. The average molecular weight is 347 g/mol. The minimum atomic E-state index is -0.263. The highest BCUT2D eigenvalue weighted by molar-refractivity contribution is 5.72. The first-order valence-corrected chi connectivity index (χ1v) is 9.24. The SMILES string of the molecule is Fc1c(-c2ccccc2)cccc1-c1cnc(NC2CCCCC2)cn1. The summed E-state index contributed by atoms with van der Waals surface area (Å²) < 4.78 is 15.0. The van der Waals surface area contributed by atoms with E-state index in [2.05, 4.69) is 15.3 Å². The highest BCUT2D eigenvalue weighted by Gasteiger charge is 2.15. The molecule has 3 aromatic rings. The summed E-state index contributed by atoms with van der Waals surface area (Å²) in [6.07, 6.45) is 9.56. The van der Waals surface area contributed by atoms with Gasteiger partial charge in [0.15, 0.2) is 0 Å². The van der Waals surface area contributed by atoms with Crippen LogP contribution < -0.4 is 5.32 Å². The van der Waals surface area contributed by atoms with Crippen molar-refractivity contribution in [2.24, 2.45) is 0 Å². The smallest absolute Gasteiger partial charge is 0.144 e. The first-order chi connectivity index (χ1) is 12.8. The maximum atomic E-state index is 15.0. The number of nitrogens with zero attached hydrogens (tertiary/aromatic N) is 2. The summed E-state index contributed by atoms with van der Waals surface area (Å²) in [4.78, 5) is 8.90. The van der Waals surface area contributed by atoms with E-state index in [1.165, 1.54) is 32.1 Å². The van der Waals surface area contributed by atoms with Gasteiger partial charge in [-0.05, 0) is 24.5 Å². The summed E-state index contributed by atoms with van der Waals surface area (Å²) in [5, 5.41) is 3.44. The topological polar surface area (TPSA) is 37.8 Å². The van der Waals surface area contributed by atoms with Crippen molar-refractivity contribution in [1.29, 1.82) is 0 Å². The zero-order chi connectivity index (χ0) is 17.8. The molecule has 26 heavy (non-hydrogen) atoms. The first kappa shape index (κ1) is 16.7. The van der Waals surface area contributed by atoms with Crippen LogP contribution in [0.5, 0.6) is 0 Å². The molecule has 0 saturated heterocycles. The minimum absolute atomic E-state index is 0.263. The number of hydrogen-bond acceptors (Lipinski definition) is 3. The zero-order valence-corrected chi connectivity index (χ0v) is 14.7. The second-order valence-electron chi connectivity index (χ2n) is 6.80. The van der Waals surface area contributed by atoms with Gasteiger partial charge >= 0.3 is 0 Å². The van der Waals surface area contributed by atoms with Crippen LogP contribution in [0.3, 0.4) is 0 Å². The van der Waals surface area contributed by atoms with Crippen LogP contribution in [0.25, 0.3) is 22.4 Å². The lowest BCUT2D eigenvalue weighted by molar-refractivity contribution is 0.462. The van der Waals surface area contributed by atoms with Crippen molar-refractivity contribution in [2.45, 2.75) is 38.1 Å². The summed E-state index contributed by atoms with van der Waals surface area (Å²) in [7, 11) is 0. The number of anilines is 1. The van der Waals surface area contributed by atoms with Crippen molar-refractivity contribution in [3.8, 4) is 22.4 Å². The molecule has 0 unspecified atom stereocenters. The van der Waals surface area contributed by atoms with Crippen LogP contribution in [0, 0.1) is 5.82 Å². The number of halogens is 1. The molecule has 132 valence electrons. The number of rotatable bonds is 4. The van der Waals surface area contributed by atoms with Crippen LogP contribution in [0.2, 0.25) is 0 Å². The monoisotopic (exact) mass is 347 g/mol. The number of aromatic nitrogens is 2. The van der Waals surface area contributed by atoms with Gasteiger partial charge in [0.2, 0.25) is 0 Å². The van der Waals surface area contributed by atoms with E-state index in [0.29, 0.717) is 22.9 Å². The Morgan fingerprint density at radius 2 is 1.58 bits per heavy atom. The van der Waals surface area contributed by atoms with Gasteiger partial charge in [-0.25, -0.2) is 9.37 Å². The highest BCUT2D eigenvalue weighted by Crippen LogP contribution is 2.30. The normalized spacial score (nSPS) is 15.0. The lowest BCUT2D eigenvalue weighted by Gasteiger charge is -2.23. The predicted molar refractivity (Wildman–Crippen MR) is 103 cm³/mol. The van der Waals surface area contributed by atoms with Crippen molar-refractivity contribution in [3.05, 3.63) is 66.7 Å². The third-order valence-electron chi connectivity index (χ3n) is 4.97. The maximum Gasteiger partial charge on any atom is 0.144 e. The van der Waals surface area contributed by atoms with Crippen LogP contribution in [0.15, 0.2) is 60.9 Å². The van der Waals surface area contributed by atoms with Gasteiger partial charge in [-0.3, -0.25) is 4.98 Å². The van der Waals surface area contributed by atoms with Crippen molar-refractivity contribution < 1.29 is 4.39 Å². The molecule has 3 nitrogen and oxygen atoms in total. The molecule has 4 rings (SSSR count). The third kappa shape index (κ3) is 3.59. The van der Waals surface area contributed by atoms with Gasteiger partial charge in [0.25, 0.3) is 0 Å². The second-order valence-corrected chi connectivity index (χ2v) is 6.80. The van der Waals surface area contributed by atoms with E-state index in [1.54, 1.807) is 24.5 Å². The van der Waals surface area contributed by atoms with Crippen LogP contribution >= 0.6 is 0 Å². The van der Waals surface area contributed by atoms with Crippen LogP contribution in [0.4, 0.5) is 10.2 Å². The van der Waals surface area contributed by atoms with E-state index >= 15 is 4.39 Å². The van der Waals surface area contributed by atoms with Crippen LogP contribution in [-0.2, 0) is 0 Å². The van der Waals surface area contributed by atoms with E-state index in [4.69, 9.17) is 0 Å². The fraction of sp³-hybridized carbons (Fsp3) is 0.273. The summed E-state index contributed by atoms with van der Waals surface area (Å²) in [5.41, 5.74) is 2.46. The maximum absolute atomic E-state index is 15.0. The number of hydrogen-bond donors (Lipinski definition) is 1. The van der Waals surface area contributed by atoms with Gasteiger partial charge in [0.05, 0.1) is 18.1 Å². The lowest BCUT2D eigenvalue weighted by atomic mass is 9.95. The quantitative estimate of drug-likeness (QED) is 0.658. The molecule has 0 spiro atoms. The van der Waals surface area contributed by atoms with Crippen molar-refractivity contribution in [3.63, 3.8) is 0 Å². The first-order valence-electron chi connectivity index (χ1n) is 9.24. The lowest BCUT2D eigenvalue weighted by Crippen LogP contribution is -2.22. The Labute approximate surface area is 153 Å². The Bertz CT molecular complexity index is 856. The Balaban J connectivity index is 1.58. The average Bonchev–Trinajstić information content (AvgIpc) is 2.70. The molecule has 1 N–H and O–H groups in total. The van der Waals surface area contributed by atoms with Crippen LogP contribution in [-0.4, -0.2) is 16.0 Å². The number of benzene rings is 2. The molecule has 0 radical (unpaired) electrons. The van der Waals surface area contributed by atoms with E-state index in [-0.39, 0.29) is 5.82 Å². The van der Waals surface area contributed by atoms with Gasteiger partial charge < -0.3 is 5.32 Å². The molecule has 0 atom stereocenters. The predicted octanol–water partition coefficient (Wildman–Crippen LogP) is 5.69. The molecule has 0 bridgehead atoms. The molecule has 0 amide bonds. The highest BCUT2D eigenvalue weighted by atomic mass is 19.1. The number of nitrogens with one attached hydrogen (secondary N) is 1. The molecule has 2 aromatic carbocycles. The molecule has 1 fully saturated rings. The van der Waals surface area contributed by atoms with Crippen molar-refractivity contribution >= 4 is 5.82 Å². The van der Waals surface area contributed by atoms with Crippen molar-refractivity contribution in [1.82, 2.24) is 9.97 Å². The van der Waals surface area contributed by atoms with Gasteiger partial charge in [-0.1, -0.05) is 61.7 Å². The minimum Gasteiger partial charge on any atom is -0.366 e. The van der Waals surface area contributed by atoms with E-state index in [9.17, 15) is 0 Å². The summed E-state index contributed by atoms with van der Waals surface area (Å²) in [5.74, 6) is 0.501. The molecular formula is C22H22FN3. The largest absolute Gasteiger partial charge is 0.366 e. The molecular weight excluding hydrogens is 325 g/mol. The molecule has 1 heterocycles. The van der Waals surface area contributed by atoms with E-state index < -0.39 is 0 Å². The molecule has 1 saturated carbocycles. The molecule has 1 aliphatic rings. The third-order valence-corrected chi connectivity index (χ3v) is 4.97. The molecule has 4 heteroatoms. The fourth-order valence-electron chi connectivity index (χ4n) is 3.57. The van der Waals surface area contributed by atoms with Gasteiger partial charge in [0.1, 0.15) is 11.6 Å². The van der Waals surface area contributed by atoms with E-state index in [1.807, 2.05) is 36.4 Å². The van der Waals surface area contributed by atoms with Crippen LogP contribution in [0.1, 0.15) is 32.1 Å². The standard InChI is InChI=1S/C22H22FN3/c23-22-18(16-8-3-1-4-9-16)12-7-13-19(22)20-14-25-21(15-24-20)26-17-10-5-2-6-11-17/h1,3-4,7-9,12-15,17H,2,5-6,10-11H2,(H,25,26). The zero-order valence-electron chi connectivity index (χ0n) is 14.7. The summed E-state index contributed by atoms with van der Waals surface area (Å²) in [6, 6.07) is 15.4. The second kappa shape index (κ2) is 7.65. The van der Waals surface area contributed by atoms with Gasteiger partial charge in [-0.15, -0.1) is 0 Å². The summed E-state index contributed by atoms with van der Waals surface area (Å²) in [6.45, 7) is 0.